The van der Waals surface area contributed by atoms with Crippen molar-refractivity contribution in [3.8, 4) is 0 Å². The van der Waals surface area contributed by atoms with Crippen LogP contribution in [0.5, 0.6) is 0 Å². The first-order valence-electron chi connectivity index (χ1n) is 3.50. The third-order valence-corrected chi connectivity index (χ3v) is 5.42. The Morgan fingerprint density at radius 2 is 2.00 bits per heavy atom. The Morgan fingerprint density at radius 3 is 2.10 bits per heavy atom. The van der Waals surface area contributed by atoms with Crippen LogP contribution in [0.4, 0.5) is 0 Å². The Kier molecular flexibility index (Phi) is 0.990. The molecular formula is C5H12O3Si2. The van der Waals surface area contributed by atoms with Gasteiger partial charge in [0.2, 0.25) is 0 Å². The van der Waals surface area contributed by atoms with Crippen molar-refractivity contribution in [1.82, 2.24) is 0 Å². The highest BCUT2D eigenvalue weighted by Crippen LogP contribution is 2.66. The first kappa shape index (κ1) is 6.99. The highest BCUT2D eigenvalue weighted by atomic mass is 28.4. The van der Waals surface area contributed by atoms with Crippen LogP contribution >= 0.6 is 0 Å². The van der Waals surface area contributed by atoms with E-state index >= 15 is 0 Å². The maximum absolute atomic E-state index is 9.33. The molecule has 2 fully saturated rings. The van der Waals surface area contributed by atoms with Gasteiger partial charge in [0.25, 0.3) is 0 Å². The van der Waals surface area contributed by atoms with Gasteiger partial charge in [-0.2, -0.15) is 0 Å². The van der Waals surface area contributed by atoms with Gasteiger partial charge < -0.3 is 13.6 Å². The molecule has 0 bridgehead atoms. The van der Waals surface area contributed by atoms with Crippen molar-refractivity contribution in [2.24, 2.45) is 0 Å². The van der Waals surface area contributed by atoms with Crippen LogP contribution in [0.2, 0.25) is 25.7 Å². The second-order valence-corrected chi connectivity index (χ2v) is 11.3. The molecule has 3 nitrogen and oxygen atoms in total. The van der Waals surface area contributed by atoms with E-state index in [-0.39, 0.29) is 0 Å². The lowest BCUT2D eigenvalue weighted by molar-refractivity contribution is 0.0694. The second kappa shape index (κ2) is 1.42. The van der Waals surface area contributed by atoms with Crippen LogP contribution in [0.1, 0.15) is 0 Å². The SMILES string of the molecule is C[Si](C)(C)OC12C[Si]1(O)O2. The molecule has 0 aliphatic carbocycles. The van der Waals surface area contributed by atoms with Gasteiger partial charge in [-0.3, -0.25) is 0 Å². The van der Waals surface area contributed by atoms with E-state index < -0.39 is 22.3 Å². The van der Waals surface area contributed by atoms with Crippen LogP contribution < -0.4 is 0 Å². The highest BCUT2D eigenvalue weighted by molar-refractivity contribution is 6.90. The Morgan fingerprint density at radius 1 is 1.60 bits per heavy atom. The summed E-state index contributed by atoms with van der Waals surface area (Å²) in [7, 11) is -3.63. The van der Waals surface area contributed by atoms with Crippen LogP contribution in [-0.4, -0.2) is 27.1 Å². The summed E-state index contributed by atoms with van der Waals surface area (Å²) in [5.41, 5.74) is -0.405. The monoisotopic (exact) mass is 176 g/mol. The molecule has 58 valence electrons. The summed E-state index contributed by atoms with van der Waals surface area (Å²) in [6, 6.07) is 0.810. The Hall–Kier alpha value is 0.314. The highest BCUT2D eigenvalue weighted by Gasteiger charge is 2.94. The molecule has 10 heavy (non-hydrogen) atoms. The van der Waals surface area contributed by atoms with Gasteiger partial charge in [-0.05, 0) is 19.6 Å². The zero-order valence-corrected chi connectivity index (χ0v) is 8.47. The molecule has 0 saturated carbocycles. The van der Waals surface area contributed by atoms with E-state index in [4.69, 9.17) is 8.85 Å². The normalized spacial score (nSPS) is 50.4. The number of hydrogen-bond donors (Lipinski definition) is 1. The fraction of sp³-hybridized carbons (Fsp3) is 1.00. The third kappa shape index (κ3) is 0.818. The maximum atomic E-state index is 9.33. The fourth-order valence-corrected chi connectivity index (χ4v) is 5.97. The summed E-state index contributed by atoms with van der Waals surface area (Å²) in [5.74, 6) is 0. The van der Waals surface area contributed by atoms with E-state index in [0.29, 0.717) is 0 Å². The zero-order valence-electron chi connectivity index (χ0n) is 6.47. The topological polar surface area (TPSA) is 42.0 Å². The molecule has 2 unspecified atom stereocenters. The van der Waals surface area contributed by atoms with Crippen molar-refractivity contribution in [2.45, 2.75) is 31.1 Å². The molecular weight excluding hydrogens is 164 g/mol. The van der Waals surface area contributed by atoms with Gasteiger partial charge in [-0.25, -0.2) is 0 Å². The van der Waals surface area contributed by atoms with Gasteiger partial charge in [0, 0.05) is 6.04 Å². The van der Waals surface area contributed by atoms with Gasteiger partial charge in [-0.1, -0.05) is 0 Å². The molecule has 0 radical (unpaired) electrons. The minimum absolute atomic E-state index is 0.405. The van der Waals surface area contributed by atoms with E-state index in [1.165, 1.54) is 0 Å². The third-order valence-electron chi connectivity index (χ3n) is 1.71. The molecule has 2 atom stereocenters. The molecule has 0 aromatic heterocycles. The second-order valence-electron chi connectivity index (χ2n) is 4.03. The van der Waals surface area contributed by atoms with Gasteiger partial charge >= 0.3 is 8.56 Å². The molecule has 2 rings (SSSR count). The van der Waals surface area contributed by atoms with E-state index in [1.54, 1.807) is 0 Å². The minimum Gasteiger partial charge on any atom is -0.407 e. The van der Waals surface area contributed by atoms with E-state index in [9.17, 15) is 4.80 Å². The molecule has 0 aromatic carbocycles. The van der Waals surface area contributed by atoms with Crippen LogP contribution in [0, 0.1) is 0 Å². The van der Waals surface area contributed by atoms with Crippen molar-refractivity contribution < 1.29 is 13.6 Å². The predicted octanol–water partition coefficient (Wildman–Crippen LogP) is 0.552. The lowest BCUT2D eigenvalue weighted by Gasteiger charge is -2.17. The summed E-state index contributed by atoms with van der Waals surface area (Å²) < 4.78 is 10.7. The van der Waals surface area contributed by atoms with Crippen molar-refractivity contribution in [1.29, 1.82) is 0 Å². The molecule has 2 heterocycles. The number of rotatable bonds is 2. The summed E-state index contributed by atoms with van der Waals surface area (Å²) in [6.07, 6.45) is 0. The quantitative estimate of drug-likeness (QED) is 0.493. The molecule has 2 saturated heterocycles. The minimum atomic E-state index is -2.14. The fourth-order valence-electron chi connectivity index (χ4n) is 1.14. The lowest BCUT2D eigenvalue weighted by Crippen LogP contribution is -2.29. The first-order valence-corrected chi connectivity index (χ1v) is 8.97. The Labute approximate surface area is 62.3 Å². The summed E-state index contributed by atoms with van der Waals surface area (Å²) >= 11 is 0. The Bertz CT molecular complexity index is 180. The van der Waals surface area contributed by atoms with E-state index in [0.717, 1.165) is 6.04 Å². The van der Waals surface area contributed by atoms with Crippen LogP contribution in [0.3, 0.4) is 0 Å². The average molecular weight is 176 g/mol. The summed E-state index contributed by atoms with van der Waals surface area (Å²) in [6.45, 7) is 6.32. The van der Waals surface area contributed by atoms with Crippen LogP contribution in [0.15, 0.2) is 0 Å². The van der Waals surface area contributed by atoms with Crippen molar-refractivity contribution in [3.05, 3.63) is 0 Å². The largest absolute Gasteiger partial charge is 0.407 e. The first-order chi connectivity index (χ1) is 4.37. The van der Waals surface area contributed by atoms with Crippen molar-refractivity contribution >= 4 is 16.9 Å². The van der Waals surface area contributed by atoms with Gasteiger partial charge in [0.05, 0.1) is 0 Å². The molecule has 0 spiro atoms. The standard InChI is InChI=1S/C5H12O3Si2/c1-9(2,3)7-5-4-10(5,6)8-5/h6H,4H2,1-3H3. The van der Waals surface area contributed by atoms with Crippen LogP contribution in [-0.2, 0) is 8.85 Å². The molecule has 0 aromatic rings. The molecule has 0 amide bonds. The zero-order chi connectivity index (χ0) is 7.62. The van der Waals surface area contributed by atoms with E-state index in [1.807, 2.05) is 0 Å². The number of fused-ring (bicyclic) bond motifs is 1. The summed E-state index contributed by atoms with van der Waals surface area (Å²) in [4.78, 5) is 9.33. The molecule has 2 aliphatic rings. The van der Waals surface area contributed by atoms with Gasteiger partial charge in [0.1, 0.15) is 0 Å². The van der Waals surface area contributed by atoms with Crippen LogP contribution in [0.25, 0.3) is 0 Å². The smallest absolute Gasteiger partial charge is 0.402 e. The van der Waals surface area contributed by atoms with E-state index in [2.05, 4.69) is 19.6 Å². The molecule has 5 heteroatoms. The predicted molar refractivity (Wildman–Crippen MR) is 41.0 cm³/mol. The lowest BCUT2D eigenvalue weighted by atomic mass is 10.8. The van der Waals surface area contributed by atoms with Gasteiger partial charge in [-0.15, -0.1) is 0 Å². The Balaban J connectivity index is 1.95. The average Bonchev–Trinajstić information content (AvgIpc) is 2.15. The summed E-state index contributed by atoms with van der Waals surface area (Å²) in [5, 5.41) is 0. The van der Waals surface area contributed by atoms with Gasteiger partial charge in [0.15, 0.2) is 13.7 Å². The maximum Gasteiger partial charge on any atom is 0.402 e. The van der Waals surface area contributed by atoms with Crippen molar-refractivity contribution in [3.63, 3.8) is 0 Å². The molecule has 1 N–H and O–H groups in total. The number of hydrogen-bond acceptors (Lipinski definition) is 3. The molecule has 2 aliphatic heterocycles. The van der Waals surface area contributed by atoms with Crippen molar-refractivity contribution in [2.75, 3.05) is 0 Å².